The number of hydrogen-bond donors (Lipinski definition) is 1. The van der Waals surface area contributed by atoms with Crippen molar-refractivity contribution < 1.29 is 4.52 Å². The van der Waals surface area contributed by atoms with Crippen LogP contribution >= 0.6 is 0 Å². The van der Waals surface area contributed by atoms with Crippen LogP contribution < -0.4 is 5.73 Å². The fourth-order valence-corrected chi connectivity index (χ4v) is 1.84. The summed E-state index contributed by atoms with van der Waals surface area (Å²) in [5, 5.41) is 3.91. The summed E-state index contributed by atoms with van der Waals surface area (Å²) in [7, 11) is 0. The summed E-state index contributed by atoms with van der Waals surface area (Å²) in [5.74, 6) is 1.30. The van der Waals surface area contributed by atoms with Crippen LogP contribution in [0.3, 0.4) is 0 Å². The van der Waals surface area contributed by atoms with E-state index in [2.05, 4.69) is 27.2 Å². The van der Waals surface area contributed by atoms with Crippen molar-refractivity contribution in [2.75, 3.05) is 13.1 Å². The van der Waals surface area contributed by atoms with E-state index in [1.807, 2.05) is 18.2 Å². The minimum absolute atomic E-state index is 0.595. The second-order valence-corrected chi connectivity index (χ2v) is 4.21. The van der Waals surface area contributed by atoms with E-state index in [-0.39, 0.29) is 0 Å². The third kappa shape index (κ3) is 3.65. The van der Waals surface area contributed by atoms with E-state index < -0.39 is 0 Å². The molecule has 0 unspecified atom stereocenters. The van der Waals surface area contributed by atoms with E-state index in [9.17, 15) is 0 Å². The molecule has 1 aromatic carbocycles. The number of benzene rings is 1. The quantitative estimate of drug-likeness (QED) is 0.833. The molecule has 0 atom stereocenters. The van der Waals surface area contributed by atoms with Gasteiger partial charge in [0.2, 0.25) is 5.89 Å². The largest absolute Gasteiger partial charge is 0.340 e. The Labute approximate surface area is 107 Å². The summed E-state index contributed by atoms with van der Waals surface area (Å²) in [4.78, 5) is 6.42. The fourth-order valence-electron chi connectivity index (χ4n) is 1.84. The summed E-state index contributed by atoms with van der Waals surface area (Å²) in [6.45, 7) is 4.71. The van der Waals surface area contributed by atoms with Crippen LogP contribution in [0.5, 0.6) is 0 Å². The first-order chi connectivity index (χ1) is 8.78. The summed E-state index contributed by atoms with van der Waals surface area (Å²) in [6, 6.07) is 10.3. The van der Waals surface area contributed by atoms with Crippen LogP contribution in [0.2, 0.25) is 0 Å². The topological polar surface area (TPSA) is 68.2 Å². The Kier molecular flexibility index (Phi) is 4.44. The third-order valence-electron chi connectivity index (χ3n) is 2.63. The number of aromatic nitrogens is 2. The SMILES string of the molecule is Cc1nc(CN(CCN)Cc2ccccc2)no1. The molecule has 0 saturated carbocycles. The molecule has 1 aromatic heterocycles. The van der Waals surface area contributed by atoms with Crippen molar-refractivity contribution in [2.24, 2.45) is 5.73 Å². The van der Waals surface area contributed by atoms with Crippen molar-refractivity contribution in [3.8, 4) is 0 Å². The van der Waals surface area contributed by atoms with Crippen molar-refractivity contribution in [1.82, 2.24) is 15.0 Å². The molecule has 96 valence electrons. The van der Waals surface area contributed by atoms with E-state index in [0.717, 1.165) is 13.1 Å². The van der Waals surface area contributed by atoms with E-state index >= 15 is 0 Å². The van der Waals surface area contributed by atoms with Gasteiger partial charge in [-0.2, -0.15) is 4.98 Å². The van der Waals surface area contributed by atoms with E-state index in [1.54, 1.807) is 6.92 Å². The molecule has 2 rings (SSSR count). The van der Waals surface area contributed by atoms with Crippen LogP contribution in [-0.2, 0) is 13.1 Å². The normalized spacial score (nSPS) is 11.1. The highest BCUT2D eigenvalue weighted by atomic mass is 16.5. The van der Waals surface area contributed by atoms with Gasteiger partial charge in [0.25, 0.3) is 0 Å². The molecule has 0 aliphatic heterocycles. The number of hydrogen-bond acceptors (Lipinski definition) is 5. The molecule has 2 N–H and O–H groups in total. The number of rotatable bonds is 6. The number of nitrogens with zero attached hydrogens (tertiary/aromatic N) is 3. The summed E-state index contributed by atoms with van der Waals surface area (Å²) in [5.41, 5.74) is 6.89. The molecule has 0 aliphatic carbocycles. The van der Waals surface area contributed by atoms with Gasteiger partial charge in [-0.15, -0.1) is 0 Å². The molecule has 0 spiro atoms. The first-order valence-corrected chi connectivity index (χ1v) is 6.03. The first-order valence-electron chi connectivity index (χ1n) is 6.03. The molecule has 2 aromatic rings. The molecule has 5 nitrogen and oxygen atoms in total. The van der Waals surface area contributed by atoms with Gasteiger partial charge < -0.3 is 10.3 Å². The van der Waals surface area contributed by atoms with Gasteiger partial charge in [0.05, 0.1) is 6.54 Å². The predicted molar refractivity (Wildman–Crippen MR) is 68.6 cm³/mol. The van der Waals surface area contributed by atoms with Crippen LogP contribution in [0.15, 0.2) is 34.9 Å². The van der Waals surface area contributed by atoms with Crippen molar-refractivity contribution in [1.29, 1.82) is 0 Å². The molecule has 0 bridgehead atoms. The molecule has 0 saturated heterocycles. The Balaban J connectivity index is 1.99. The van der Waals surface area contributed by atoms with Crippen LogP contribution in [0.4, 0.5) is 0 Å². The molecule has 5 heteroatoms. The monoisotopic (exact) mass is 246 g/mol. The van der Waals surface area contributed by atoms with Crippen molar-refractivity contribution in [3.63, 3.8) is 0 Å². The standard InChI is InChI=1S/C13H18N4O/c1-11-15-13(16-18-11)10-17(8-7-14)9-12-5-3-2-4-6-12/h2-6H,7-10,14H2,1H3. The lowest BCUT2D eigenvalue weighted by Gasteiger charge is -2.19. The third-order valence-corrected chi connectivity index (χ3v) is 2.63. The average Bonchev–Trinajstić information content (AvgIpc) is 2.76. The maximum Gasteiger partial charge on any atom is 0.223 e. The van der Waals surface area contributed by atoms with E-state index in [4.69, 9.17) is 10.3 Å². The smallest absolute Gasteiger partial charge is 0.223 e. The summed E-state index contributed by atoms with van der Waals surface area (Å²) < 4.78 is 4.97. The molecule has 1 heterocycles. The number of aryl methyl sites for hydroxylation is 1. The van der Waals surface area contributed by atoms with E-state index in [1.165, 1.54) is 5.56 Å². The zero-order valence-corrected chi connectivity index (χ0v) is 10.5. The van der Waals surface area contributed by atoms with Gasteiger partial charge in [0.15, 0.2) is 5.82 Å². The highest BCUT2D eigenvalue weighted by Crippen LogP contribution is 2.07. The zero-order chi connectivity index (χ0) is 12.8. The number of nitrogens with two attached hydrogens (primary N) is 1. The molecular formula is C13H18N4O. The first kappa shape index (κ1) is 12.7. The summed E-state index contributed by atoms with van der Waals surface area (Å²) >= 11 is 0. The highest BCUT2D eigenvalue weighted by molar-refractivity contribution is 5.14. The van der Waals surface area contributed by atoms with Gasteiger partial charge in [-0.25, -0.2) is 0 Å². The average molecular weight is 246 g/mol. The van der Waals surface area contributed by atoms with Crippen molar-refractivity contribution >= 4 is 0 Å². The summed E-state index contributed by atoms with van der Waals surface area (Å²) in [6.07, 6.45) is 0. The Morgan fingerprint density at radius 1 is 1.22 bits per heavy atom. The van der Waals surface area contributed by atoms with Gasteiger partial charge in [-0.1, -0.05) is 35.5 Å². The second-order valence-electron chi connectivity index (χ2n) is 4.21. The van der Waals surface area contributed by atoms with Crippen molar-refractivity contribution in [2.45, 2.75) is 20.0 Å². The maximum atomic E-state index is 5.64. The minimum Gasteiger partial charge on any atom is -0.340 e. The van der Waals surface area contributed by atoms with Gasteiger partial charge in [0, 0.05) is 26.6 Å². The Bertz CT molecular complexity index is 469. The molecule has 18 heavy (non-hydrogen) atoms. The molecule has 0 fully saturated rings. The van der Waals surface area contributed by atoms with E-state index in [0.29, 0.717) is 24.8 Å². The van der Waals surface area contributed by atoms with Gasteiger partial charge in [0.1, 0.15) is 0 Å². The molecule has 0 amide bonds. The molecule has 0 aliphatic rings. The molecule has 0 radical (unpaired) electrons. The van der Waals surface area contributed by atoms with Gasteiger partial charge >= 0.3 is 0 Å². The Morgan fingerprint density at radius 2 is 2.00 bits per heavy atom. The second kappa shape index (κ2) is 6.28. The van der Waals surface area contributed by atoms with Gasteiger partial charge in [-0.05, 0) is 5.56 Å². The van der Waals surface area contributed by atoms with Crippen molar-refractivity contribution in [3.05, 3.63) is 47.6 Å². The minimum atomic E-state index is 0.595. The lowest BCUT2D eigenvalue weighted by Crippen LogP contribution is -2.29. The zero-order valence-electron chi connectivity index (χ0n) is 10.5. The van der Waals surface area contributed by atoms with Crippen LogP contribution in [-0.4, -0.2) is 28.1 Å². The molecular weight excluding hydrogens is 228 g/mol. The highest BCUT2D eigenvalue weighted by Gasteiger charge is 2.10. The van der Waals surface area contributed by atoms with Crippen LogP contribution in [0.1, 0.15) is 17.3 Å². The predicted octanol–water partition coefficient (Wildman–Crippen LogP) is 1.34. The maximum absolute atomic E-state index is 5.64. The Hall–Kier alpha value is -1.72. The lowest BCUT2D eigenvalue weighted by molar-refractivity contribution is 0.252. The van der Waals surface area contributed by atoms with Crippen LogP contribution in [0, 0.1) is 6.92 Å². The van der Waals surface area contributed by atoms with Gasteiger partial charge in [-0.3, -0.25) is 4.90 Å². The lowest BCUT2D eigenvalue weighted by atomic mass is 10.2. The fraction of sp³-hybridized carbons (Fsp3) is 0.385. The van der Waals surface area contributed by atoms with Crippen LogP contribution in [0.25, 0.3) is 0 Å². The Morgan fingerprint density at radius 3 is 2.61 bits per heavy atom.